The van der Waals surface area contributed by atoms with Crippen molar-refractivity contribution in [2.24, 2.45) is 11.3 Å². The first-order valence-electron chi connectivity index (χ1n) is 5.38. The highest BCUT2D eigenvalue weighted by molar-refractivity contribution is 4.91. The van der Waals surface area contributed by atoms with Crippen LogP contribution in [0, 0.1) is 11.3 Å². The molecular weight excluding hydrogens is 162 g/mol. The maximum Gasteiger partial charge on any atom is 0.0600 e. The summed E-state index contributed by atoms with van der Waals surface area (Å²) >= 11 is 0. The van der Waals surface area contributed by atoms with Crippen LogP contribution in [0.3, 0.4) is 0 Å². The Balaban J connectivity index is 2.70. The summed E-state index contributed by atoms with van der Waals surface area (Å²) in [6.07, 6.45) is 2.86. The monoisotopic (exact) mass is 185 g/mol. The molecule has 3 unspecified atom stereocenters. The zero-order chi connectivity index (χ0) is 9.90. The van der Waals surface area contributed by atoms with Gasteiger partial charge in [0.05, 0.1) is 6.10 Å². The summed E-state index contributed by atoms with van der Waals surface area (Å²) in [5.41, 5.74) is 0.370. The third kappa shape index (κ3) is 2.05. The predicted molar refractivity (Wildman–Crippen MR) is 55.8 cm³/mol. The maximum atomic E-state index is 5.50. The Bertz CT molecular complexity index is 160. The summed E-state index contributed by atoms with van der Waals surface area (Å²) < 4.78 is 5.50. The van der Waals surface area contributed by atoms with Gasteiger partial charge in [-0.1, -0.05) is 20.3 Å². The standard InChI is InChI=1S/C11H23NO/c1-5-10-8-12-7-6-11(10,3)9(2)13-4/h9-10,12H,5-8H2,1-4H3. The molecule has 3 atom stereocenters. The second kappa shape index (κ2) is 4.43. The van der Waals surface area contributed by atoms with E-state index < -0.39 is 0 Å². The van der Waals surface area contributed by atoms with Crippen LogP contribution in [0.2, 0.25) is 0 Å². The second-order valence-corrected chi connectivity index (χ2v) is 4.44. The molecule has 1 aliphatic rings. The van der Waals surface area contributed by atoms with E-state index >= 15 is 0 Å². The van der Waals surface area contributed by atoms with Crippen molar-refractivity contribution in [3.8, 4) is 0 Å². The average Bonchev–Trinajstić information content (AvgIpc) is 2.17. The molecule has 0 saturated carbocycles. The summed E-state index contributed by atoms with van der Waals surface area (Å²) in [5.74, 6) is 0.760. The summed E-state index contributed by atoms with van der Waals surface area (Å²) in [7, 11) is 1.82. The molecule has 0 radical (unpaired) electrons. The minimum Gasteiger partial charge on any atom is -0.381 e. The zero-order valence-electron chi connectivity index (χ0n) is 9.39. The Morgan fingerprint density at radius 2 is 2.31 bits per heavy atom. The van der Waals surface area contributed by atoms with Crippen molar-refractivity contribution in [3.63, 3.8) is 0 Å². The minimum atomic E-state index is 0.370. The fourth-order valence-corrected chi connectivity index (χ4v) is 2.49. The fourth-order valence-electron chi connectivity index (χ4n) is 2.49. The largest absolute Gasteiger partial charge is 0.381 e. The zero-order valence-corrected chi connectivity index (χ0v) is 9.39. The number of hydrogen-bond acceptors (Lipinski definition) is 2. The molecule has 0 aromatic heterocycles. The molecular formula is C11H23NO. The van der Waals surface area contributed by atoms with Crippen LogP contribution >= 0.6 is 0 Å². The first-order valence-corrected chi connectivity index (χ1v) is 5.38. The van der Waals surface area contributed by atoms with Crippen LogP contribution in [0.1, 0.15) is 33.6 Å². The highest BCUT2D eigenvalue weighted by Gasteiger charge is 2.39. The highest BCUT2D eigenvalue weighted by Crippen LogP contribution is 2.39. The molecule has 0 aliphatic carbocycles. The average molecular weight is 185 g/mol. The molecule has 1 rings (SSSR count). The highest BCUT2D eigenvalue weighted by atomic mass is 16.5. The molecule has 0 aromatic rings. The van der Waals surface area contributed by atoms with Gasteiger partial charge in [0, 0.05) is 7.11 Å². The normalized spacial score (nSPS) is 37.4. The summed E-state index contributed by atoms with van der Waals surface area (Å²) in [4.78, 5) is 0. The lowest BCUT2D eigenvalue weighted by atomic mass is 9.68. The van der Waals surface area contributed by atoms with E-state index in [1.165, 1.54) is 12.8 Å². The first-order chi connectivity index (χ1) is 6.15. The summed E-state index contributed by atoms with van der Waals surface area (Å²) in [5, 5.41) is 3.46. The Morgan fingerprint density at radius 1 is 1.62 bits per heavy atom. The van der Waals surface area contributed by atoms with Crippen LogP contribution in [-0.2, 0) is 4.74 Å². The number of nitrogens with one attached hydrogen (secondary N) is 1. The van der Waals surface area contributed by atoms with Gasteiger partial charge in [-0.25, -0.2) is 0 Å². The third-order valence-electron chi connectivity index (χ3n) is 3.94. The number of piperidine rings is 1. The van der Waals surface area contributed by atoms with Crippen molar-refractivity contribution in [2.45, 2.75) is 39.7 Å². The molecule has 1 heterocycles. The molecule has 0 spiro atoms. The lowest BCUT2D eigenvalue weighted by Crippen LogP contribution is -2.49. The molecule has 0 amide bonds. The van der Waals surface area contributed by atoms with E-state index in [2.05, 4.69) is 26.1 Å². The van der Waals surface area contributed by atoms with Gasteiger partial charge in [-0.3, -0.25) is 0 Å². The van der Waals surface area contributed by atoms with Crippen molar-refractivity contribution < 1.29 is 4.74 Å². The Labute approximate surface area is 82.0 Å². The summed E-state index contributed by atoms with van der Waals surface area (Å²) in [6, 6.07) is 0. The molecule has 1 N–H and O–H groups in total. The van der Waals surface area contributed by atoms with Crippen molar-refractivity contribution >= 4 is 0 Å². The Hall–Kier alpha value is -0.0800. The van der Waals surface area contributed by atoms with E-state index in [4.69, 9.17) is 4.74 Å². The van der Waals surface area contributed by atoms with Gasteiger partial charge in [0.25, 0.3) is 0 Å². The lowest BCUT2D eigenvalue weighted by molar-refractivity contribution is -0.0433. The molecule has 13 heavy (non-hydrogen) atoms. The Kier molecular flexibility index (Phi) is 3.74. The van der Waals surface area contributed by atoms with E-state index in [1.807, 2.05) is 7.11 Å². The van der Waals surface area contributed by atoms with Crippen LogP contribution in [0.5, 0.6) is 0 Å². The number of hydrogen-bond donors (Lipinski definition) is 1. The molecule has 1 saturated heterocycles. The summed E-state index contributed by atoms with van der Waals surface area (Å²) in [6.45, 7) is 9.14. The van der Waals surface area contributed by atoms with Gasteiger partial charge in [-0.2, -0.15) is 0 Å². The quantitative estimate of drug-likeness (QED) is 0.726. The number of ether oxygens (including phenoxy) is 1. The van der Waals surface area contributed by atoms with E-state index in [0.717, 1.165) is 19.0 Å². The van der Waals surface area contributed by atoms with Gasteiger partial charge in [0.2, 0.25) is 0 Å². The minimum absolute atomic E-state index is 0.370. The van der Waals surface area contributed by atoms with Gasteiger partial charge < -0.3 is 10.1 Å². The van der Waals surface area contributed by atoms with Crippen LogP contribution in [0.4, 0.5) is 0 Å². The van der Waals surface area contributed by atoms with Crippen LogP contribution in [0.25, 0.3) is 0 Å². The van der Waals surface area contributed by atoms with E-state index in [-0.39, 0.29) is 0 Å². The molecule has 1 aliphatic heterocycles. The van der Waals surface area contributed by atoms with Crippen molar-refractivity contribution in [3.05, 3.63) is 0 Å². The van der Waals surface area contributed by atoms with Crippen molar-refractivity contribution in [2.75, 3.05) is 20.2 Å². The molecule has 78 valence electrons. The molecule has 2 nitrogen and oxygen atoms in total. The van der Waals surface area contributed by atoms with E-state index in [0.29, 0.717) is 11.5 Å². The van der Waals surface area contributed by atoms with Crippen molar-refractivity contribution in [1.29, 1.82) is 0 Å². The van der Waals surface area contributed by atoms with Gasteiger partial charge >= 0.3 is 0 Å². The van der Waals surface area contributed by atoms with E-state index in [1.54, 1.807) is 0 Å². The number of rotatable bonds is 3. The van der Waals surface area contributed by atoms with Crippen LogP contribution in [-0.4, -0.2) is 26.3 Å². The molecule has 2 heteroatoms. The number of methoxy groups -OCH3 is 1. The van der Waals surface area contributed by atoms with Gasteiger partial charge in [0.15, 0.2) is 0 Å². The van der Waals surface area contributed by atoms with Gasteiger partial charge in [0.1, 0.15) is 0 Å². The molecule has 1 fully saturated rings. The van der Waals surface area contributed by atoms with Gasteiger partial charge in [-0.05, 0) is 37.8 Å². The predicted octanol–water partition coefficient (Wildman–Crippen LogP) is 2.05. The van der Waals surface area contributed by atoms with E-state index in [9.17, 15) is 0 Å². The SMILES string of the molecule is CCC1CNCCC1(C)C(C)OC. The maximum absolute atomic E-state index is 5.50. The second-order valence-electron chi connectivity index (χ2n) is 4.44. The van der Waals surface area contributed by atoms with Crippen molar-refractivity contribution in [1.82, 2.24) is 5.32 Å². The smallest absolute Gasteiger partial charge is 0.0600 e. The first kappa shape index (κ1) is 11.0. The Morgan fingerprint density at radius 3 is 2.85 bits per heavy atom. The molecule has 0 bridgehead atoms. The lowest BCUT2D eigenvalue weighted by Gasteiger charge is -2.45. The van der Waals surface area contributed by atoms with Crippen LogP contribution in [0.15, 0.2) is 0 Å². The molecule has 0 aromatic carbocycles. The topological polar surface area (TPSA) is 21.3 Å². The fraction of sp³-hybridized carbons (Fsp3) is 1.00. The van der Waals surface area contributed by atoms with Crippen LogP contribution < -0.4 is 5.32 Å². The van der Waals surface area contributed by atoms with Gasteiger partial charge in [-0.15, -0.1) is 0 Å². The third-order valence-corrected chi connectivity index (χ3v) is 3.94.